The Labute approximate surface area is 230 Å². The number of ether oxygens (including phenoxy) is 2. The lowest BCUT2D eigenvalue weighted by Gasteiger charge is -2.43. The number of aliphatic imine (C=N–C) groups is 1. The molecular weight excluding hydrogens is 558 g/mol. The molecular formula is C24H36F2N4O7S2. The summed E-state index contributed by atoms with van der Waals surface area (Å²) in [5.74, 6) is -1.33. The minimum absolute atomic E-state index is 0.0457. The Hall–Kier alpha value is -2.00. The van der Waals surface area contributed by atoms with Crippen LogP contribution < -0.4 is 16.0 Å². The minimum Gasteiger partial charge on any atom is -0.453 e. The molecule has 11 nitrogen and oxygen atoms in total. The van der Waals surface area contributed by atoms with Gasteiger partial charge in [0.15, 0.2) is 15.1 Å². The number of hydrogen-bond acceptors (Lipinski definition) is 9. The van der Waals surface area contributed by atoms with Crippen LogP contribution in [0, 0.1) is 11.8 Å². The van der Waals surface area contributed by atoms with E-state index in [-0.39, 0.29) is 53.1 Å². The molecule has 220 valence electrons. The van der Waals surface area contributed by atoms with Gasteiger partial charge in [0.05, 0.1) is 30.8 Å². The number of fused-ring (bicyclic) bond motifs is 1. The molecule has 1 aliphatic heterocycles. The molecule has 15 heteroatoms. The summed E-state index contributed by atoms with van der Waals surface area (Å²) in [4.78, 5) is 41.0. The Balaban J connectivity index is 1.42. The number of nitrogens with one attached hydrogen (secondary N) is 3. The third kappa shape index (κ3) is 8.03. The van der Waals surface area contributed by atoms with E-state index >= 15 is 0 Å². The second-order valence-electron chi connectivity index (χ2n) is 10.8. The standard InChI is InChI=1S/C24H36F2N4O7S2/c1-36-24(33)29-14-5-3-12(4-6-14)15-9-18-16(10-17(15)37-23(25)26)30-22(38-18)20(39(2,34)35)21(32)27-11-19(31)28-13-7-8-13/h12-18,20,23H,3-11H2,1-2H3,(H,27,32)(H,28,31)(H,29,33). The largest absolute Gasteiger partial charge is 0.453 e. The number of carbonyl (C=O) groups is 3. The fraction of sp³-hybridized carbons (Fsp3) is 0.833. The van der Waals surface area contributed by atoms with E-state index in [1.807, 2.05) is 0 Å². The van der Waals surface area contributed by atoms with Gasteiger partial charge in [-0.15, -0.1) is 11.8 Å². The number of thioether (sulfide) groups is 1. The van der Waals surface area contributed by atoms with Gasteiger partial charge in [0, 0.05) is 23.6 Å². The van der Waals surface area contributed by atoms with Crippen LogP contribution in [-0.4, -0.2) is 92.6 Å². The maximum absolute atomic E-state index is 13.4. The zero-order valence-corrected chi connectivity index (χ0v) is 23.6. The minimum atomic E-state index is -3.93. The Morgan fingerprint density at radius 1 is 1.05 bits per heavy atom. The lowest BCUT2D eigenvalue weighted by Crippen LogP contribution is -2.47. The van der Waals surface area contributed by atoms with Gasteiger partial charge in [-0.05, 0) is 63.2 Å². The van der Waals surface area contributed by atoms with Gasteiger partial charge in [0.2, 0.25) is 11.8 Å². The van der Waals surface area contributed by atoms with E-state index in [0.29, 0.717) is 19.3 Å². The summed E-state index contributed by atoms with van der Waals surface area (Å²) in [6.45, 7) is -3.30. The van der Waals surface area contributed by atoms with E-state index in [1.165, 1.54) is 18.9 Å². The maximum atomic E-state index is 13.4. The molecule has 3 aliphatic carbocycles. The van der Waals surface area contributed by atoms with Crippen LogP contribution in [0.1, 0.15) is 51.4 Å². The molecule has 5 atom stereocenters. The van der Waals surface area contributed by atoms with Crippen molar-refractivity contribution in [3.8, 4) is 0 Å². The summed E-state index contributed by atoms with van der Waals surface area (Å²) in [6.07, 6.45) is 4.93. The highest BCUT2D eigenvalue weighted by Crippen LogP contribution is 2.47. The van der Waals surface area contributed by atoms with Gasteiger partial charge in [-0.1, -0.05) is 0 Å². The molecule has 4 rings (SSSR count). The Bertz CT molecular complexity index is 1060. The molecule has 3 N–H and O–H groups in total. The van der Waals surface area contributed by atoms with Crippen LogP contribution in [0.3, 0.4) is 0 Å². The summed E-state index contributed by atoms with van der Waals surface area (Å²) in [7, 11) is -2.63. The van der Waals surface area contributed by atoms with Crippen molar-refractivity contribution in [3.63, 3.8) is 0 Å². The molecule has 0 radical (unpaired) electrons. The number of alkyl carbamates (subject to hydrolysis) is 1. The van der Waals surface area contributed by atoms with Crippen molar-refractivity contribution in [1.29, 1.82) is 0 Å². The van der Waals surface area contributed by atoms with Crippen molar-refractivity contribution in [2.45, 2.75) is 92.7 Å². The van der Waals surface area contributed by atoms with Gasteiger partial charge in [-0.3, -0.25) is 14.6 Å². The van der Waals surface area contributed by atoms with Gasteiger partial charge < -0.3 is 25.4 Å². The predicted octanol–water partition coefficient (Wildman–Crippen LogP) is 1.61. The number of alkyl halides is 2. The second-order valence-corrected chi connectivity index (χ2v) is 14.2. The monoisotopic (exact) mass is 594 g/mol. The van der Waals surface area contributed by atoms with Crippen molar-refractivity contribution in [1.82, 2.24) is 16.0 Å². The summed E-state index contributed by atoms with van der Waals surface area (Å²) in [5.41, 5.74) is 0. The first kappa shape index (κ1) is 30.0. The molecule has 0 aromatic rings. The third-order valence-corrected chi connectivity index (χ3v) is 10.7. The van der Waals surface area contributed by atoms with Crippen molar-refractivity contribution >= 4 is 44.6 Å². The summed E-state index contributed by atoms with van der Waals surface area (Å²) in [5, 5.41) is 6.30. The number of methoxy groups -OCH3 is 1. The normalized spacial score (nSPS) is 31.6. The zero-order valence-electron chi connectivity index (χ0n) is 21.9. The van der Waals surface area contributed by atoms with Crippen molar-refractivity contribution in [2.75, 3.05) is 19.9 Å². The number of nitrogens with zero attached hydrogens (tertiary/aromatic N) is 1. The van der Waals surface area contributed by atoms with Crippen LogP contribution in [0.2, 0.25) is 0 Å². The van der Waals surface area contributed by atoms with E-state index in [1.54, 1.807) is 0 Å². The van der Waals surface area contributed by atoms with Crippen molar-refractivity contribution in [3.05, 3.63) is 0 Å². The molecule has 39 heavy (non-hydrogen) atoms. The highest BCUT2D eigenvalue weighted by molar-refractivity contribution is 8.16. The molecule has 4 aliphatic rings. The average molecular weight is 595 g/mol. The lowest BCUT2D eigenvalue weighted by molar-refractivity contribution is -0.190. The number of amides is 3. The number of hydrogen-bond donors (Lipinski definition) is 3. The Morgan fingerprint density at radius 3 is 2.28 bits per heavy atom. The van der Waals surface area contributed by atoms with Crippen molar-refractivity contribution in [2.24, 2.45) is 16.8 Å². The molecule has 5 unspecified atom stereocenters. The maximum Gasteiger partial charge on any atom is 0.407 e. The summed E-state index contributed by atoms with van der Waals surface area (Å²) < 4.78 is 61.7. The smallest absolute Gasteiger partial charge is 0.407 e. The number of carbonyl (C=O) groups excluding carboxylic acids is 3. The highest BCUT2D eigenvalue weighted by atomic mass is 32.2. The molecule has 0 saturated heterocycles. The van der Waals surface area contributed by atoms with E-state index < -0.39 is 45.8 Å². The van der Waals surface area contributed by atoms with Gasteiger partial charge in [-0.2, -0.15) is 8.78 Å². The van der Waals surface area contributed by atoms with E-state index in [0.717, 1.165) is 31.9 Å². The summed E-state index contributed by atoms with van der Waals surface area (Å²) in [6, 6.07) is -0.401. The van der Waals surface area contributed by atoms with Gasteiger partial charge in [-0.25, -0.2) is 13.2 Å². The molecule has 0 aromatic carbocycles. The molecule has 3 saturated carbocycles. The van der Waals surface area contributed by atoms with E-state index in [4.69, 9.17) is 4.74 Å². The van der Waals surface area contributed by atoms with E-state index in [2.05, 4.69) is 25.7 Å². The fourth-order valence-corrected chi connectivity index (χ4v) is 8.82. The van der Waals surface area contributed by atoms with Gasteiger partial charge in [0.25, 0.3) is 0 Å². The van der Waals surface area contributed by atoms with Crippen LogP contribution in [0.5, 0.6) is 0 Å². The van der Waals surface area contributed by atoms with E-state index in [9.17, 15) is 31.6 Å². The highest BCUT2D eigenvalue weighted by Gasteiger charge is 2.49. The average Bonchev–Trinajstić information content (AvgIpc) is 3.58. The Kier molecular flexibility index (Phi) is 9.74. The first-order chi connectivity index (χ1) is 18.4. The second kappa shape index (κ2) is 12.7. The molecule has 3 fully saturated rings. The van der Waals surface area contributed by atoms with Crippen LogP contribution in [0.25, 0.3) is 0 Å². The molecule has 0 spiro atoms. The van der Waals surface area contributed by atoms with Crippen molar-refractivity contribution < 1.29 is 41.1 Å². The summed E-state index contributed by atoms with van der Waals surface area (Å²) >= 11 is 1.21. The van der Waals surface area contributed by atoms with Crippen LogP contribution in [0.15, 0.2) is 4.99 Å². The zero-order chi connectivity index (χ0) is 28.3. The lowest BCUT2D eigenvalue weighted by atomic mass is 9.70. The third-order valence-electron chi connectivity index (χ3n) is 7.87. The number of sulfone groups is 1. The van der Waals surface area contributed by atoms with Crippen LogP contribution >= 0.6 is 11.8 Å². The number of rotatable bonds is 10. The van der Waals surface area contributed by atoms with Crippen LogP contribution in [0.4, 0.5) is 13.6 Å². The SMILES string of the molecule is COC(=O)NC1CCC(C2CC3SC(C(C(=O)NCC(=O)NC4CC4)S(C)(=O)=O)=NC3CC2OC(F)F)CC1. The molecule has 1 heterocycles. The molecule has 0 bridgehead atoms. The van der Waals surface area contributed by atoms with Gasteiger partial charge >= 0.3 is 12.7 Å². The predicted molar refractivity (Wildman–Crippen MR) is 140 cm³/mol. The Morgan fingerprint density at radius 2 is 1.69 bits per heavy atom. The van der Waals surface area contributed by atoms with Crippen LogP contribution in [-0.2, 0) is 28.9 Å². The van der Waals surface area contributed by atoms with Gasteiger partial charge in [0.1, 0.15) is 0 Å². The fourth-order valence-electron chi connectivity index (χ4n) is 5.84. The molecule has 3 amide bonds. The topological polar surface area (TPSA) is 152 Å². The quantitative estimate of drug-likeness (QED) is 0.345. The number of halogens is 2. The molecule has 0 aromatic heterocycles. The first-order valence-corrected chi connectivity index (χ1v) is 16.1. The first-order valence-electron chi connectivity index (χ1n) is 13.2.